The average molecular weight is 361 g/mol. The van der Waals surface area contributed by atoms with E-state index < -0.39 is 5.41 Å². The number of nitrogens with zero attached hydrogens (tertiary/aromatic N) is 2. The van der Waals surface area contributed by atoms with Gasteiger partial charge in [0.05, 0.1) is 6.54 Å². The zero-order valence-corrected chi connectivity index (χ0v) is 16.4. The van der Waals surface area contributed by atoms with Gasteiger partial charge in [0, 0.05) is 30.4 Å². The van der Waals surface area contributed by atoms with Gasteiger partial charge in [0.1, 0.15) is 0 Å². The lowest BCUT2D eigenvalue weighted by molar-refractivity contribution is -0.140. The molecule has 27 heavy (non-hydrogen) atoms. The molecule has 3 heteroatoms. The first-order valence-corrected chi connectivity index (χ1v) is 9.45. The first-order valence-electron chi connectivity index (χ1n) is 9.45. The second-order valence-corrected chi connectivity index (χ2v) is 8.01. The van der Waals surface area contributed by atoms with E-state index in [1.165, 1.54) is 5.56 Å². The van der Waals surface area contributed by atoms with Gasteiger partial charge in [-0.2, -0.15) is 0 Å². The second kappa shape index (κ2) is 8.26. The quantitative estimate of drug-likeness (QED) is 0.599. The van der Waals surface area contributed by atoms with Gasteiger partial charge in [-0.3, -0.25) is 4.79 Å². The molecule has 0 aliphatic carbocycles. The monoisotopic (exact) mass is 360 g/mol. The molecule has 0 saturated heterocycles. The fourth-order valence-electron chi connectivity index (χ4n) is 3.20. The van der Waals surface area contributed by atoms with Crippen LogP contribution in [-0.4, -0.2) is 15.4 Å². The Labute approximate surface area is 162 Å². The van der Waals surface area contributed by atoms with Gasteiger partial charge >= 0.3 is 0 Å². The van der Waals surface area contributed by atoms with Crippen LogP contribution in [0.5, 0.6) is 0 Å². The molecular formula is C24H28N2O. The SMILES string of the molecule is CC(C)(C)C(=O)N(Cc1ccccc1)Cc1cccn1Cc1ccccc1. The third-order valence-corrected chi connectivity index (χ3v) is 4.62. The fraction of sp³-hybridized carbons (Fsp3) is 0.292. The summed E-state index contributed by atoms with van der Waals surface area (Å²) in [6.07, 6.45) is 2.09. The molecule has 3 nitrogen and oxygen atoms in total. The minimum atomic E-state index is -0.411. The Balaban J connectivity index is 1.82. The molecule has 0 saturated carbocycles. The van der Waals surface area contributed by atoms with E-state index in [0.29, 0.717) is 13.1 Å². The summed E-state index contributed by atoms with van der Waals surface area (Å²) in [6, 6.07) is 24.8. The summed E-state index contributed by atoms with van der Waals surface area (Å²) in [5.74, 6) is 0.166. The Morgan fingerprint density at radius 2 is 1.41 bits per heavy atom. The third kappa shape index (κ3) is 5.10. The van der Waals surface area contributed by atoms with Crippen LogP contribution in [0.1, 0.15) is 37.6 Å². The molecular weight excluding hydrogens is 332 g/mol. The maximum absolute atomic E-state index is 13.1. The lowest BCUT2D eigenvalue weighted by Gasteiger charge is -2.30. The molecule has 1 aromatic heterocycles. The zero-order valence-electron chi connectivity index (χ0n) is 16.4. The van der Waals surface area contributed by atoms with Crippen LogP contribution in [0.15, 0.2) is 79.0 Å². The summed E-state index contributed by atoms with van der Waals surface area (Å²) in [4.78, 5) is 15.0. The first-order chi connectivity index (χ1) is 12.9. The van der Waals surface area contributed by atoms with E-state index in [2.05, 4.69) is 59.3 Å². The summed E-state index contributed by atoms with van der Waals surface area (Å²) in [7, 11) is 0. The first kappa shape index (κ1) is 19.0. The highest BCUT2D eigenvalue weighted by atomic mass is 16.2. The van der Waals surface area contributed by atoms with E-state index >= 15 is 0 Å². The molecule has 0 fully saturated rings. The van der Waals surface area contributed by atoms with Crippen molar-refractivity contribution in [2.24, 2.45) is 5.41 Å². The largest absolute Gasteiger partial charge is 0.345 e. The van der Waals surface area contributed by atoms with Gasteiger partial charge in [-0.15, -0.1) is 0 Å². The molecule has 3 rings (SSSR count). The lowest BCUT2D eigenvalue weighted by Crippen LogP contribution is -2.39. The minimum absolute atomic E-state index is 0.166. The lowest BCUT2D eigenvalue weighted by atomic mass is 9.94. The number of aromatic nitrogens is 1. The van der Waals surface area contributed by atoms with Crippen molar-refractivity contribution in [3.05, 3.63) is 95.8 Å². The van der Waals surface area contributed by atoms with Crippen molar-refractivity contribution < 1.29 is 4.79 Å². The predicted molar refractivity (Wildman–Crippen MR) is 110 cm³/mol. The van der Waals surface area contributed by atoms with Crippen molar-refractivity contribution in [2.45, 2.75) is 40.4 Å². The van der Waals surface area contributed by atoms with Gasteiger partial charge in [-0.05, 0) is 23.3 Å². The molecule has 0 bridgehead atoms. The Kier molecular flexibility index (Phi) is 5.80. The molecule has 0 aliphatic heterocycles. The van der Waals surface area contributed by atoms with Crippen molar-refractivity contribution in [2.75, 3.05) is 0 Å². The Bertz CT molecular complexity index is 860. The highest BCUT2D eigenvalue weighted by Gasteiger charge is 2.28. The molecule has 0 N–H and O–H groups in total. The van der Waals surface area contributed by atoms with Crippen LogP contribution >= 0.6 is 0 Å². The number of carbonyl (C=O) groups is 1. The topological polar surface area (TPSA) is 25.2 Å². The Morgan fingerprint density at radius 1 is 0.815 bits per heavy atom. The summed E-state index contributed by atoms with van der Waals surface area (Å²) >= 11 is 0. The number of hydrogen-bond acceptors (Lipinski definition) is 1. The summed E-state index contributed by atoms with van der Waals surface area (Å²) < 4.78 is 2.23. The van der Waals surface area contributed by atoms with Gasteiger partial charge < -0.3 is 9.47 Å². The van der Waals surface area contributed by atoms with Crippen LogP contribution in [0.3, 0.4) is 0 Å². The maximum Gasteiger partial charge on any atom is 0.228 e. The standard InChI is InChI=1S/C24H28N2O/c1-24(2,3)23(27)26(18-21-13-8-5-9-14-21)19-22-15-10-16-25(22)17-20-11-6-4-7-12-20/h4-16H,17-19H2,1-3H3. The van der Waals surface area contributed by atoms with E-state index in [9.17, 15) is 4.79 Å². The highest BCUT2D eigenvalue weighted by Crippen LogP contribution is 2.22. The van der Waals surface area contributed by atoms with Gasteiger partial charge in [0.15, 0.2) is 0 Å². The average Bonchev–Trinajstić information content (AvgIpc) is 3.08. The van der Waals surface area contributed by atoms with Crippen LogP contribution in [0.4, 0.5) is 0 Å². The van der Waals surface area contributed by atoms with E-state index in [4.69, 9.17) is 0 Å². The van der Waals surface area contributed by atoms with E-state index in [1.807, 2.05) is 49.9 Å². The van der Waals surface area contributed by atoms with Gasteiger partial charge in [-0.25, -0.2) is 0 Å². The number of carbonyl (C=O) groups excluding carboxylic acids is 1. The summed E-state index contributed by atoms with van der Waals surface area (Å²) in [6.45, 7) is 7.98. The molecule has 1 amide bonds. The summed E-state index contributed by atoms with van der Waals surface area (Å²) in [5.41, 5.74) is 3.14. The van der Waals surface area contributed by atoms with Crippen LogP contribution in [0.25, 0.3) is 0 Å². The Morgan fingerprint density at radius 3 is 2.00 bits per heavy atom. The molecule has 0 radical (unpaired) electrons. The molecule has 0 unspecified atom stereocenters. The Hall–Kier alpha value is -2.81. The van der Waals surface area contributed by atoms with Crippen molar-refractivity contribution in [1.82, 2.24) is 9.47 Å². The van der Waals surface area contributed by atoms with E-state index in [-0.39, 0.29) is 5.91 Å². The second-order valence-electron chi connectivity index (χ2n) is 8.01. The number of benzene rings is 2. The van der Waals surface area contributed by atoms with E-state index in [0.717, 1.165) is 17.8 Å². The van der Waals surface area contributed by atoms with Crippen LogP contribution in [0, 0.1) is 5.41 Å². The van der Waals surface area contributed by atoms with Gasteiger partial charge in [-0.1, -0.05) is 81.4 Å². The number of hydrogen-bond donors (Lipinski definition) is 0. The molecule has 2 aromatic carbocycles. The molecule has 0 spiro atoms. The van der Waals surface area contributed by atoms with Crippen LogP contribution < -0.4 is 0 Å². The molecule has 3 aromatic rings. The minimum Gasteiger partial charge on any atom is -0.345 e. The van der Waals surface area contributed by atoms with Crippen molar-refractivity contribution >= 4 is 5.91 Å². The van der Waals surface area contributed by atoms with Crippen LogP contribution in [0.2, 0.25) is 0 Å². The van der Waals surface area contributed by atoms with Crippen molar-refractivity contribution in [1.29, 1.82) is 0 Å². The van der Waals surface area contributed by atoms with Crippen LogP contribution in [-0.2, 0) is 24.4 Å². The normalized spacial score (nSPS) is 11.4. The molecule has 0 aliphatic rings. The van der Waals surface area contributed by atoms with Crippen molar-refractivity contribution in [3.8, 4) is 0 Å². The molecule has 140 valence electrons. The fourth-order valence-corrected chi connectivity index (χ4v) is 3.20. The zero-order chi connectivity index (χ0) is 19.3. The molecule has 0 atom stereocenters. The smallest absolute Gasteiger partial charge is 0.228 e. The van der Waals surface area contributed by atoms with E-state index in [1.54, 1.807) is 0 Å². The highest BCUT2D eigenvalue weighted by molar-refractivity contribution is 5.81. The summed E-state index contributed by atoms with van der Waals surface area (Å²) in [5, 5.41) is 0. The molecule has 1 heterocycles. The number of rotatable bonds is 6. The van der Waals surface area contributed by atoms with Crippen molar-refractivity contribution in [3.63, 3.8) is 0 Å². The van der Waals surface area contributed by atoms with Gasteiger partial charge in [0.2, 0.25) is 5.91 Å². The third-order valence-electron chi connectivity index (χ3n) is 4.62. The number of amides is 1. The maximum atomic E-state index is 13.1. The van der Waals surface area contributed by atoms with Gasteiger partial charge in [0.25, 0.3) is 0 Å². The predicted octanol–water partition coefficient (Wildman–Crippen LogP) is 5.11.